The molecule has 0 saturated heterocycles. The summed E-state index contributed by atoms with van der Waals surface area (Å²) in [4.78, 5) is 2.23. The van der Waals surface area contributed by atoms with E-state index in [1.54, 1.807) is 0 Å². The molecule has 2 rings (SSSR count). The Balaban J connectivity index is 2.14. The number of hydrogen-bond acceptors (Lipinski definition) is 2. The second kappa shape index (κ2) is 6.25. The molecule has 0 fully saturated rings. The number of rotatable bonds is 4. The summed E-state index contributed by atoms with van der Waals surface area (Å²) in [5.41, 5.74) is 5.72. The summed E-state index contributed by atoms with van der Waals surface area (Å²) in [5.74, 6) is 0. The maximum absolute atomic E-state index is 8.90. The first-order valence-electron chi connectivity index (χ1n) is 6.93. The van der Waals surface area contributed by atoms with Crippen LogP contribution in [0.3, 0.4) is 0 Å². The summed E-state index contributed by atoms with van der Waals surface area (Å²) >= 11 is 0. The minimum atomic E-state index is 0.723. The molecule has 2 heteroatoms. The van der Waals surface area contributed by atoms with Gasteiger partial charge in [-0.2, -0.15) is 5.26 Å². The molecule has 0 aliphatic heterocycles. The predicted octanol–water partition coefficient (Wildman–Crippen LogP) is 4.07. The molecule has 0 aliphatic rings. The van der Waals surface area contributed by atoms with Crippen molar-refractivity contribution in [3.8, 4) is 6.07 Å². The highest BCUT2D eigenvalue weighted by molar-refractivity contribution is 5.48. The lowest BCUT2D eigenvalue weighted by Gasteiger charge is -2.21. The van der Waals surface area contributed by atoms with Gasteiger partial charge in [-0.25, -0.2) is 0 Å². The summed E-state index contributed by atoms with van der Waals surface area (Å²) in [6, 6.07) is 16.7. The van der Waals surface area contributed by atoms with Gasteiger partial charge >= 0.3 is 0 Å². The molecule has 2 aromatic carbocycles. The molecule has 0 bridgehead atoms. The molecule has 2 aromatic rings. The fourth-order valence-corrected chi connectivity index (χ4v) is 2.28. The van der Waals surface area contributed by atoms with Crippen LogP contribution in [0.25, 0.3) is 0 Å². The van der Waals surface area contributed by atoms with Crippen LogP contribution in [0, 0.1) is 18.3 Å². The Morgan fingerprint density at radius 1 is 1.10 bits per heavy atom. The van der Waals surface area contributed by atoms with Crippen LogP contribution in [0.2, 0.25) is 0 Å². The van der Waals surface area contributed by atoms with Crippen LogP contribution in [0.5, 0.6) is 0 Å². The summed E-state index contributed by atoms with van der Waals surface area (Å²) in [6.45, 7) is 5.08. The second-order valence-corrected chi connectivity index (χ2v) is 5.13. The number of hydrogen-bond donors (Lipinski definition) is 0. The van der Waals surface area contributed by atoms with Gasteiger partial charge in [-0.1, -0.05) is 25.1 Å². The van der Waals surface area contributed by atoms with Crippen LogP contribution in [0.1, 0.15) is 29.2 Å². The molecule has 0 atom stereocenters. The molecule has 0 N–H and O–H groups in total. The lowest BCUT2D eigenvalue weighted by Crippen LogP contribution is -2.17. The first-order chi connectivity index (χ1) is 9.63. The zero-order valence-electron chi connectivity index (χ0n) is 12.4. The zero-order valence-corrected chi connectivity index (χ0v) is 12.4. The van der Waals surface area contributed by atoms with Crippen LogP contribution < -0.4 is 4.90 Å². The van der Waals surface area contributed by atoms with Crippen molar-refractivity contribution in [1.29, 1.82) is 5.26 Å². The van der Waals surface area contributed by atoms with Gasteiger partial charge in [0.05, 0.1) is 11.6 Å². The monoisotopic (exact) mass is 264 g/mol. The van der Waals surface area contributed by atoms with Crippen molar-refractivity contribution in [1.82, 2.24) is 0 Å². The molecular weight excluding hydrogens is 244 g/mol. The van der Waals surface area contributed by atoms with Crippen molar-refractivity contribution in [3.63, 3.8) is 0 Å². The van der Waals surface area contributed by atoms with E-state index in [1.165, 1.54) is 22.4 Å². The Bertz CT molecular complexity index is 621. The first-order valence-corrected chi connectivity index (χ1v) is 6.93. The first kappa shape index (κ1) is 14.1. The number of nitrogens with zero attached hydrogens (tertiary/aromatic N) is 2. The number of benzene rings is 2. The molecular formula is C18H20N2. The molecule has 0 heterocycles. The van der Waals surface area contributed by atoms with Crippen molar-refractivity contribution in [3.05, 3.63) is 64.7 Å². The highest BCUT2D eigenvalue weighted by Crippen LogP contribution is 2.19. The molecule has 20 heavy (non-hydrogen) atoms. The third kappa shape index (κ3) is 3.19. The van der Waals surface area contributed by atoms with Crippen LogP contribution in [-0.2, 0) is 13.0 Å². The van der Waals surface area contributed by atoms with Crippen molar-refractivity contribution < 1.29 is 0 Å². The topological polar surface area (TPSA) is 27.0 Å². The standard InChI is InChI=1S/C18H20N2/c1-4-15-6-9-18(10-7-15)20(3)13-17-8-5-16(12-19)11-14(17)2/h5-11H,4,13H2,1-3H3. The van der Waals surface area contributed by atoms with E-state index in [2.05, 4.69) is 56.1 Å². The highest BCUT2D eigenvalue weighted by atomic mass is 15.1. The quantitative estimate of drug-likeness (QED) is 0.832. The largest absolute Gasteiger partial charge is 0.370 e. The van der Waals surface area contributed by atoms with E-state index >= 15 is 0 Å². The summed E-state index contributed by atoms with van der Waals surface area (Å²) in [6.07, 6.45) is 1.07. The highest BCUT2D eigenvalue weighted by Gasteiger charge is 2.05. The zero-order chi connectivity index (χ0) is 14.5. The van der Waals surface area contributed by atoms with Gasteiger partial charge in [0.2, 0.25) is 0 Å². The summed E-state index contributed by atoms with van der Waals surface area (Å²) in [7, 11) is 2.10. The van der Waals surface area contributed by atoms with E-state index in [4.69, 9.17) is 5.26 Å². The smallest absolute Gasteiger partial charge is 0.0991 e. The third-order valence-corrected chi connectivity index (χ3v) is 3.66. The van der Waals surface area contributed by atoms with Gasteiger partial charge in [0.15, 0.2) is 0 Å². The average molecular weight is 264 g/mol. The molecule has 0 amide bonds. The Kier molecular flexibility index (Phi) is 4.42. The van der Waals surface area contributed by atoms with Gasteiger partial charge in [0, 0.05) is 19.3 Å². The SMILES string of the molecule is CCc1ccc(N(C)Cc2ccc(C#N)cc2C)cc1. The van der Waals surface area contributed by atoms with E-state index < -0.39 is 0 Å². The van der Waals surface area contributed by atoms with Crippen molar-refractivity contribution in [2.45, 2.75) is 26.8 Å². The number of nitriles is 1. The van der Waals surface area contributed by atoms with Crippen LogP contribution in [0.15, 0.2) is 42.5 Å². The second-order valence-electron chi connectivity index (χ2n) is 5.13. The van der Waals surface area contributed by atoms with E-state index in [1.807, 2.05) is 18.2 Å². The Morgan fingerprint density at radius 3 is 2.35 bits per heavy atom. The van der Waals surface area contributed by atoms with E-state index in [-0.39, 0.29) is 0 Å². The van der Waals surface area contributed by atoms with Crippen molar-refractivity contribution >= 4 is 5.69 Å². The molecule has 2 nitrogen and oxygen atoms in total. The van der Waals surface area contributed by atoms with Gasteiger partial charge in [-0.15, -0.1) is 0 Å². The minimum absolute atomic E-state index is 0.723. The third-order valence-electron chi connectivity index (χ3n) is 3.66. The van der Waals surface area contributed by atoms with Gasteiger partial charge in [0.25, 0.3) is 0 Å². The lowest BCUT2D eigenvalue weighted by atomic mass is 10.0. The minimum Gasteiger partial charge on any atom is -0.370 e. The normalized spacial score (nSPS) is 10.1. The lowest BCUT2D eigenvalue weighted by molar-refractivity contribution is 0.913. The van der Waals surface area contributed by atoms with E-state index in [0.717, 1.165) is 18.5 Å². The maximum atomic E-state index is 8.90. The van der Waals surface area contributed by atoms with Crippen molar-refractivity contribution in [2.24, 2.45) is 0 Å². The molecule has 0 aliphatic carbocycles. The fourth-order valence-electron chi connectivity index (χ4n) is 2.28. The number of aryl methyl sites for hydroxylation is 2. The molecule has 102 valence electrons. The fraction of sp³-hybridized carbons (Fsp3) is 0.278. The average Bonchev–Trinajstić information content (AvgIpc) is 2.49. The van der Waals surface area contributed by atoms with Crippen molar-refractivity contribution in [2.75, 3.05) is 11.9 Å². The van der Waals surface area contributed by atoms with Gasteiger partial charge in [-0.05, 0) is 54.3 Å². The Morgan fingerprint density at radius 2 is 1.80 bits per heavy atom. The maximum Gasteiger partial charge on any atom is 0.0991 e. The number of anilines is 1. The summed E-state index contributed by atoms with van der Waals surface area (Å²) in [5, 5.41) is 8.90. The van der Waals surface area contributed by atoms with E-state index in [9.17, 15) is 0 Å². The molecule has 0 saturated carbocycles. The van der Waals surface area contributed by atoms with Gasteiger partial charge in [0.1, 0.15) is 0 Å². The summed E-state index contributed by atoms with van der Waals surface area (Å²) < 4.78 is 0. The van der Waals surface area contributed by atoms with Crippen LogP contribution in [0.4, 0.5) is 5.69 Å². The van der Waals surface area contributed by atoms with Crippen LogP contribution in [-0.4, -0.2) is 7.05 Å². The van der Waals surface area contributed by atoms with Crippen LogP contribution >= 0.6 is 0 Å². The molecule has 0 radical (unpaired) electrons. The van der Waals surface area contributed by atoms with E-state index in [0.29, 0.717) is 0 Å². The Labute approximate surface area is 121 Å². The molecule has 0 unspecified atom stereocenters. The predicted molar refractivity (Wildman–Crippen MR) is 83.8 cm³/mol. The Hall–Kier alpha value is -2.27. The van der Waals surface area contributed by atoms with Gasteiger partial charge in [-0.3, -0.25) is 0 Å². The molecule has 0 aromatic heterocycles. The molecule has 0 spiro atoms. The van der Waals surface area contributed by atoms with Gasteiger partial charge < -0.3 is 4.90 Å².